The average molecular weight is 271 g/mol. The molecule has 19 heavy (non-hydrogen) atoms. The molecule has 0 aromatic rings. The Bertz CT molecular complexity index is 357. The topological polar surface area (TPSA) is 90.0 Å². The van der Waals surface area contributed by atoms with Gasteiger partial charge in [0.2, 0.25) is 5.91 Å². The van der Waals surface area contributed by atoms with Gasteiger partial charge in [0.05, 0.1) is 5.92 Å². The number of amides is 3. The van der Waals surface area contributed by atoms with Gasteiger partial charge in [0.25, 0.3) is 0 Å². The lowest BCUT2D eigenvalue weighted by Gasteiger charge is -2.27. The van der Waals surface area contributed by atoms with Crippen molar-refractivity contribution in [1.29, 1.82) is 0 Å². The smallest absolute Gasteiger partial charge is 0.323 e. The first kappa shape index (κ1) is 16.9. The number of aliphatic carboxylic acids is 1. The van der Waals surface area contributed by atoms with Crippen LogP contribution in [-0.2, 0) is 9.59 Å². The summed E-state index contributed by atoms with van der Waals surface area (Å²) in [5.74, 6) is -1.63. The van der Waals surface area contributed by atoms with Crippen molar-refractivity contribution < 1.29 is 19.5 Å². The molecule has 0 aliphatic carbocycles. The van der Waals surface area contributed by atoms with Gasteiger partial charge in [-0.05, 0) is 0 Å². The molecule has 0 bridgehead atoms. The number of carbonyl (C=O) groups is 3. The van der Waals surface area contributed by atoms with Crippen LogP contribution in [0.5, 0.6) is 0 Å². The van der Waals surface area contributed by atoms with E-state index in [0.29, 0.717) is 0 Å². The summed E-state index contributed by atoms with van der Waals surface area (Å²) in [5.41, 5.74) is 0. The molecule has 7 heteroatoms. The molecule has 0 fully saturated rings. The van der Waals surface area contributed by atoms with Gasteiger partial charge in [-0.2, -0.15) is 0 Å². The number of carboxylic acid groups (broad SMARTS) is 1. The van der Waals surface area contributed by atoms with Crippen molar-refractivity contribution >= 4 is 17.9 Å². The van der Waals surface area contributed by atoms with Gasteiger partial charge in [-0.15, -0.1) is 6.58 Å². The van der Waals surface area contributed by atoms with E-state index in [9.17, 15) is 14.4 Å². The molecule has 0 aromatic carbocycles. The number of hydrogen-bond donors (Lipinski definition) is 2. The van der Waals surface area contributed by atoms with Crippen LogP contribution in [0.4, 0.5) is 4.79 Å². The normalized spacial score (nSPS) is 11.3. The second-order valence-corrected chi connectivity index (χ2v) is 4.24. The molecule has 0 rings (SSSR count). The van der Waals surface area contributed by atoms with Crippen molar-refractivity contribution in [3.8, 4) is 0 Å². The molecular formula is C12H21N3O4. The summed E-state index contributed by atoms with van der Waals surface area (Å²) < 4.78 is 0. The number of urea groups is 1. The minimum atomic E-state index is -1.09. The van der Waals surface area contributed by atoms with E-state index in [2.05, 4.69) is 11.9 Å². The van der Waals surface area contributed by atoms with Crippen LogP contribution >= 0.6 is 0 Å². The highest BCUT2D eigenvalue weighted by atomic mass is 16.4. The molecule has 0 saturated heterocycles. The summed E-state index contributed by atoms with van der Waals surface area (Å²) in [6, 6.07) is -0.446. The van der Waals surface area contributed by atoms with Crippen LogP contribution in [0.25, 0.3) is 0 Å². The fourth-order valence-corrected chi connectivity index (χ4v) is 1.59. The lowest BCUT2D eigenvalue weighted by molar-refractivity contribution is -0.137. The van der Waals surface area contributed by atoms with Gasteiger partial charge in [0, 0.05) is 27.2 Å². The molecule has 108 valence electrons. The van der Waals surface area contributed by atoms with Crippen LogP contribution in [0.2, 0.25) is 0 Å². The second kappa shape index (κ2) is 8.12. The Kier molecular flexibility index (Phi) is 7.25. The van der Waals surface area contributed by atoms with E-state index in [-0.39, 0.29) is 24.9 Å². The molecule has 1 atom stereocenters. The van der Waals surface area contributed by atoms with Gasteiger partial charge in [-0.1, -0.05) is 13.0 Å². The number of nitrogens with one attached hydrogen (secondary N) is 1. The van der Waals surface area contributed by atoms with Crippen LogP contribution in [0.3, 0.4) is 0 Å². The Balaban J connectivity index is 4.61. The lowest BCUT2D eigenvalue weighted by atomic mass is 10.1. The van der Waals surface area contributed by atoms with Crippen molar-refractivity contribution in [2.45, 2.75) is 6.92 Å². The van der Waals surface area contributed by atoms with Gasteiger partial charge in [0.15, 0.2) is 0 Å². The van der Waals surface area contributed by atoms with E-state index in [4.69, 9.17) is 5.11 Å². The molecule has 0 radical (unpaired) electrons. The fourth-order valence-electron chi connectivity index (χ4n) is 1.59. The van der Waals surface area contributed by atoms with Crippen LogP contribution < -0.4 is 5.32 Å². The average Bonchev–Trinajstić information content (AvgIpc) is 2.35. The van der Waals surface area contributed by atoms with Crippen LogP contribution in [0.15, 0.2) is 12.7 Å². The maximum atomic E-state index is 12.0. The molecule has 0 heterocycles. The molecular weight excluding hydrogens is 250 g/mol. The summed E-state index contributed by atoms with van der Waals surface area (Å²) in [7, 11) is 3.05. The molecule has 2 N–H and O–H groups in total. The second-order valence-electron chi connectivity index (χ2n) is 4.24. The number of rotatable bonds is 7. The quantitative estimate of drug-likeness (QED) is 0.637. The van der Waals surface area contributed by atoms with Crippen LogP contribution in [-0.4, -0.2) is 66.5 Å². The number of hydrogen-bond acceptors (Lipinski definition) is 3. The maximum absolute atomic E-state index is 12.0. The van der Waals surface area contributed by atoms with E-state index in [0.717, 1.165) is 4.90 Å². The Hall–Kier alpha value is -2.05. The van der Waals surface area contributed by atoms with E-state index in [1.807, 2.05) is 0 Å². The summed E-state index contributed by atoms with van der Waals surface area (Å²) in [5, 5.41) is 11.2. The maximum Gasteiger partial charge on any atom is 0.323 e. The third-order valence-corrected chi connectivity index (χ3v) is 2.51. The summed E-state index contributed by atoms with van der Waals surface area (Å²) in [6.45, 7) is 5.13. The zero-order chi connectivity index (χ0) is 15.0. The van der Waals surface area contributed by atoms with E-state index in [1.54, 1.807) is 6.92 Å². The Morgan fingerprint density at radius 1 is 1.42 bits per heavy atom. The molecule has 7 nitrogen and oxygen atoms in total. The van der Waals surface area contributed by atoms with E-state index in [1.165, 1.54) is 25.1 Å². The van der Waals surface area contributed by atoms with Crippen molar-refractivity contribution in [3.63, 3.8) is 0 Å². The molecule has 0 spiro atoms. The molecule has 0 aliphatic rings. The lowest BCUT2D eigenvalue weighted by Crippen LogP contribution is -2.46. The highest BCUT2D eigenvalue weighted by molar-refractivity contribution is 5.82. The highest BCUT2D eigenvalue weighted by Crippen LogP contribution is 2.03. The molecule has 1 unspecified atom stereocenters. The largest absolute Gasteiger partial charge is 0.480 e. The molecule has 0 aromatic heterocycles. The first-order valence-corrected chi connectivity index (χ1v) is 5.87. The van der Waals surface area contributed by atoms with Crippen LogP contribution in [0, 0.1) is 5.92 Å². The third-order valence-electron chi connectivity index (χ3n) is 2.51. The molecule has 0 aliphatic heterocycles. The first-order valence-electron chi connectivity index (χ1n) is 5.87. The van der Waals surface area contributed by atoms with Gasteiger partial charge >= 0.3 is 12.0 Å². The highest BCUT2D eigenvalue weighted by Gasteiger charge is 2.22. The Morgan fingerprint density at radius 3 is 2.42 bits per heavy atom. The predicted molar refractivity (Wildman–Crippen MR) is 70.7 cm³/mol. The minimum Gasteiger partial charge on any atom is -0.480 e. The monoisotopic (exact) mass is 271 g/mol. The minimum absolute atomic E-state index is 0.143. The van der Waals surface area contributed by atoms with Gasteiger partial charge in [-0.3, -0.25) is 9.59 Å². The van der Waals surface area contributed by atoms with Gasteiger partial charge in [-0.25, -0.2) is 4.79 Å². The number of carbonyl (C=O) groups excluding carboxylic acids is 2. The van der Waals surface area contributed by atoms with E-state index >= 15 is 0 Å². The van der Waals surface area contributed by atoms with Crippen molar-refractivity contribution in [3.05, 3.63) is 12.7 Å². The zero-order valence-electron chi connectivity index (χ0n) is 11.5. The van der Waals surface area contributed by atoms with Gasteiger partial charge in [0.1, 0.15) is 6.54 Å². The van der Waals surface area contributed by atoms with Gasteiger partial charge < -0.3 is 20.2 Å². The van der Waals surface area contributed by atoms with Crippen molar-refractivity contribution in [2.24, 2.45) is 5.92 Å². The standard InChI is InChI=1S/C12H21N3O4/c1-5-6-15(8-10(16)17)12(19)14(4)7-9(2)11(18)13-3/h5,9H,1,6-8H2,2-4H3,(H,13,18)(H,16,17). The SMILES string of the molecule is C=CCN(CC(=O)O)C(=O)N(C)CC(C)C(=O)NC. The van der Waals surface area contributed by atoms with E-state index < -0.39 is 18.5 Å². The number of nitrogens with zero attached hydrogens (tertiary/aromatic N) is 2. The third kappa shape index (κ3) is 5.89. The van der Waals surface area contributed by atoms with Crippen LogP contribution in [0.1, 0.15) is 6.92 Å². The Morgan fingerprint density at radius 2 is 2.00 bits per heavy atom. The molecule has 3 amide bonds. The fraction of sp³-hybridized carbons (Fsp3) is 0.583. The zero-order valence-corrected chi connectivity index (χ0v) is 11.5. The number of carboxylic acids is 1. The molecule has 0 saturated carbocycles. The van der Waals surface area contributed by atoms with Crippen molar-refractivity contribution in [2.75, 3.05) is 33.7 Å². The summed E-state index contributed by atoms with van der Waals surface area (Å²) in [4.78, 5) is 36.5. The van der Waals surface area contributed by atoms with Crippen molar-refractivity contribution in [1.82, 2.24) is 15.1 Å². The predicted octanol–water partition coefficient (Wildman–Crippen LogP) is -0.00710. The summed E-state index contributed by atoms with van der Waals surface area (Å²) >= 11 is 0. The first-order chi connectivity index (χ1) is 8.83. The summed E-state index contributed by atoms with van der Waals surface area (Å²) in [6.07, 6.45) is 1.46. The Labute approximate surface area is 112 Å².